The molecule has 0 saturated carbocycles. The largest absolute Gasteiger partial charge is 0.349 e. The van der Waals surface area contributed by atoms with Crippen molar-refractivity contribution in [3.05, 3.63) is 65.4 Å². The lowest BCUT2D eigenvalue weighted by molar-refractivity contribution is -0.170. The number of H-pyrrole nitrogens is 1. The van der Waals surface area contributed by atoms with Crippen LogP contribution in [0, 0.1) is 0 Å². The van der Waals surface area contributed by atoms with E-state index in [9.17, 15) is 14.0 Å². The Kier molecular flexibility index (Phi) is 7.69. The summed E-state index contributed by atoms with van der Waals surface area (Å²) in [5.74, 6) is -1.45. The van der Waals surface area contributed by atoms with E-state index in [-0.39, 0.29) is 12.1 Å². The van der Waals surface area contributed by atoms with Crippen molar-refractivity contribution in [1.29, 1.82) is 0 Å². The highest BCUT2D eigenvalue weighted by molar-refractivity contribution is 6.30. The lowest BCUT2D eigenvalue weighted by Crippen LogP contribution is -2.47. The van der Waals surface area contributed by atoms with Crippen molar-refractivity contribution >= 4 is 34.3 Å². The van der Waals surface area contributed by atoms with E-state index in [4.69, 9.17) is 16.4 Å². The van der Waals surface area contributed by atoms with E-state index in [1.165, 1.54) is 32.5 Å². The third-order valence-corrected chi connectivity index (χ3v) is 4.36. The van der Waals surface area contributed by atoms with Gasteiger partial charge >= 0.3 is 0 Å². The minimum Gasteiger partial charge on any atom is -0.349 e. The van der Waals surface area contributed by atoms with Crippen molar-refractivity contribution in [3.8, 4) is 0 Å². The summed E-state index contributed by atoms with van der Waals surface area (Å²) in [6, 6.07) is 2.32. The summed E-state index contributed by atoms with van der Waals surface area (Å²) in [4.78, 5) is 37.1. The maximum Gasteiger partial charge on any atom is 0.268 e. The van der Waals surface area contributed by atoms with Crippen LogP contribution in [0.5, 0.6) is 0 Å². The van der Waals surface area contributed by atoms with E-state index in [2.05, 4.69) is 21.9 Å². The number of nitrogens with one attached hydrogen (secondary N) is 2. The van der Waals surface area contributed by atoms with E-state index >= 15 is 0 Å². The molecule has 0 spiro atoms. The van der Waals surface area contributed by atoms with Gasteiger partial charge in [-0.25, -0.2) is 14.4 Å². The first-order valence-electron chi connectivity index (χ1n) is 8.67. The van der Waals surface area contributed by atoms with Crippen LogP contribution in [0.25, 0.3) is 10.9 Å². The smallest absolute Gasteiger partial charge is 0.268 e. The van der Waals surface area contributed by atoms with Crippen molar-refractivity contribution in [3.63, 3.8) is 0 Å². The van der Waals surface area contributed by atoms with E-state index in [0.717, 1.165) is 11.1 Å². The van der Waals surface area contributed by atoms with E-state index in [0.29, 0.717) is 21.6 Å². The third kappa shape index (κ3) is 6.00. The van der Waals surface area contributed by atoms with Gasteiger partial charge in [0.25, 0.3) is 11.8 Å². The minimum absolute atomic E-state index is 0.160. The van der Waals surface area contributed by atoms with Gasteiger partial charge in [-0.1, -0.05) is 29.8 Å². The number of halogens is 2. The van der Waals surface area contributed by atoms with Crippen LogP contribution in [0.1, 0.15) is 23.8 Å². The lowest BCUT2D eigenvalue weighted by atomic mass is 10.1. The van der Waals surface area contributed by atoms with Gasteiger partial charge in [0, 0.05) is 12.4 Å². The van der Waals surface area contributed by atoms with Gasteiger partial charge in [0.2, 0.25) is 0 Å². The lowest BCUT2D eigenvalue weighted by Gasteiger charge is -2.23. The average Bonchev–Trinajstić information content (AvgIpc) is 3.13. The topological polar surface area (TPSA) is 87.3 Å². The van der Waals surface area contributed by atoms with Crippen LogP contribution in [-0.4, -0.2) is 47.0 Å². The Morgan fingerprint density at radius 2 is 2.17 bits per heavy atom. The fourth-order valence-corrected chi connectivity index (χ4v) is 2.72. The number of carbonyl (C=O) groups excluding carboxylic acids is 2. The second-order valence-electron chi connectivity index (χ2n) is 6.29. The summed E-state index contributed by atoms with van der Waals surface area (Å²) in [5.41, 5.74) is 1.57. The first-order chi connectivity index (χ1) is 13.7. The standard InChI is InChI=1S/C20H22ClFN4O3/c1-5-14(22)7-6-12(2)8-16(20(28)26(3)29-4)25-19(27)15-9-13-10-18(21)23-11-17(13)24-15/h5-7,9-11,16,24H,1,8H2,2-4H3,(H,25,27)/b12-6+,14-7+/t16-/m0/s1. The van der Waals surface area contributed by atoms with Crippen molar-refractivity contribution in [2.45, 2.75) is 19.4 Å². The van der Waals surface area contributed by atoms with Crippen molar-refractivity contribution in [2.75, 3.05) is 14.2 Å². The van der Waals surface area contributed by atoms with Crippen LogP contribution in [0.2, 0.25) is 5.15 Å². The number of aromatic nitrogens is 2. The molecule has 0 aromatic carbocycles. The van der Waals surface area contributed by atoms with E-state index in [1.54, 1.807) is 19.1 Å². The minimum atomic E-state index is -0.919. The molecule has 0 aliphatic heterocycles. The molecule has 0 saturated heterocycles. The molecular weight excluding hydrogens is 399 g/mol. The number of allylic oxidation sites excluding steroid dienone is 4. The zero-order chi connectivity index (χ0) is 21.6. The Morgan fingerprint density at radius 3 is 2.83 bits per heavy atom. The monoisotopic (exact) mass is 420 g/mol. The van der Waals surface area contributed by atoms with Gasteiger partial charge in [-0.15, -0.1) is 0 Å². The summed E-state index contributed by atoms with van der Waals surface area (Å²) in [5, 5.41) is 4.73. The van der Waals surface area contributed by atoms with Gasteiger partial charge in [-0.3, -0.25) is 14.4 Å². The molecule has 2 rings (SSSR count). The number of pyridine rings is 1. The third-order valence-electron chi connectivity index (χ3n) is 4.15. The number of nitrogens with zero attached hydrogens (tertiary/aromatic N) is 2. The number of rotatable bonds is 8. The zero-order valence-corrected chi connectivity index (χ0v) is 17.1. The number of likely N-dealkylation sites (N-methyl/N-ethyl adjacent to an activating group) is 1. The highest BCUT2D eigenvalue weighted by Crippen LogP contribution is 2.18. The second kappa shape index (κ2) is 9.99. The maximum atomic E-state index is 13.2. The molecule has 0 radical (unpaired) electrons. The normalized spacial score (nSPS) is 13.3. The van der Waals surface area contributed by atoms with Gasteiger partial charge in [-0.05, 0) is 37.6 Å². The first kappa shape index (κ1) is 22.3. The van der Waals surface area contributed by atoms with Crippen molar-refractivity contribution in [1.82, 2.24) is 20.3 Å². The number of carbonyl (C=O) groups is 2. The molecular formula is C20H22ClFN4O3. The summed E-state index contributed by atoms with van der Waals surface area (Å²) in [6.07, 6.45) is 5.51. The molecule has 2 amide bonds. The SMILES string of the molecule is C=C/C(F)=C\C=C(/C)C[C@H](NC(=O)c1cc2cc(Cl)ncc2[nH]1)C(=O)N(C)OC. The Bertz CT molecular complexity index is 983. The fraction of sp³-hybridized carbons (Fsp3) is 0.250. The van der Waals surface area contributed by atoms with Crippen LogP contribution < -0.4 is 5.32 Å². The molecule has 9 heteroatoms. The second-order valence-corrected chi connectivity index (χ2v) is 6.68. The van der Waals surface area contributed by atoms with Crippen LogP contribution in [0.4, 0.5) is 4.39 Å². The molecule has 2 N–H and O–H groups in total. The molecule has 0 aliphatic carbocycles. The number of aromatic amines is 1. The molecule has 0 bridgehead atoms. The summed E-state index contributed by atoms with van der Waals surface area (Å²) >= 11 is 5.87. The van der Waals surface area contributed by atoms with E-state index in [1.807, 2.05) is 0 Å². The molecule has 1 atom stereocenters. The van der Waals surface area contributed by atoms with Gasteiger partial charge in [-0.2, -0.15) is 0 Å². The molecule has 7 nitrogen and oxygen atoms in total. The predicted octanol–water partition coefficient (Wildman–Crippen LogP) is 3.71. The Morgan fingerprint density at radius 1 is 1.45 bits per heavy atom. The number of hydrogen-bond acceptors (Lipinski definition) is 4. The van der Waals surface area contributed by atoms with Crippen LogP contribution in [0.15, 0.2) is 54.5 Å². The Balaban J connectivity index is 2.24. The quantitative estimate of drug-likeness (QED) is 0.387. The summed E-state index contributed by atoms with van der Waals surface area (Å²) in [6.45, 7) is 5.06. The number of amides is 2. The number of fused-ring (bicyclic) bond motifs is 1. The molecule has 2 heterocycles. The summed E-state index contributed by atoms with van der Waals surface area (Å²) < 4.78 is 13.2. The molecule has 2 aromatic heterocycles. The van der Waals surface area contributed by atoms with Crippen molar-refractivity contribution in [2.24, 2.45) is 0 Å². The van der Waals surface area contributed by atoms with Gasteiger partial charge in [0.05, 0.1) is 18.8 Å². The zero-order valence-electron chi connectivity index (χ0n) is 16.3. The van der Waals surface area contributed by atoms with Crippen LogP contribution in [0.3, 0.4) is 0 Å². The molecule has 0 unspecified atom stereocenters. The average molecular weight is 421 g/mol. The fourth-order valence-electron chi connectivity index (χ4n) is 2.55. The highest BCUT2D eigenvalue weighted by Gasteiger charge is 2.25. The molecule has 0 aliphatic rings. The number of hydrogen-bond donors (Lipinski definition) is 2. The molecule has 2 aromatic rings. The van der Waals surface area contributed by atoms with Crippen LogP contribution in [-0.2, 0) is 9.63 Å². The first-order valence-corrected chi connectivity index (χ1v) is 9.05. The van der Waals surface area contributed by atoms with Crippen LogP contribution >= 0.6 is 11.6 Å². The summed E-state index contributed by atoms with van der Waals surface area (Å²) in [7, 11) is 2.78. The van der Waals surface area contributed by atoms with Gasteiger partial charge in [0.15, 0.2) is 0 Å². The molecule has 0 fully saturated rings. The number of hydroxylamine groups is 2. The molecule has 154 valence electrons. The maximum absolute atomic E-state index is 13.2. The van der Waals surface area contributed by atoms with Gasteiger partial charge < -0.3 is 10.3 Å². The van der Waals surface area contributed by atoms with Crippen molar-refractivity contribution < 1.29 is 18.8 Å². The Labute approximate surface area is 172 Å². The molecule has 29 heavy (non-hydrogen) atoms. The van der Waals surface area contributed by atoms with Gasteiger partial charge in [0.1, 0.15) is 22.7 Å². The highest BCUT2D eigenvalue weighted by atomic mass is 35.5. The Hall–Kier alpha value is -2.97. The van der Waals surface area contributed by atoms with E-state index < -0.39 is 23.7 Å². The predicted molar refractivity (Wildman–Crippen MR) is 110 cm³/mol.